The van der Waals surface area contributed by atoms with Gasteiger partial charge in [0.25, 0.3) is 5.97 Å². The monoisotopic (exact) mass is 580 g/mol. The predicted molar refractivity (Wildman–Crippen MR) is 84.9 cm³/mol. The molecule has 0 radical (unpaired) electrons. The lowest BCUT2D eigenvalue weighted by Crippen LogP contribution is -1.97. The van der Waals surface area contributed by atoms with E-state index >= 15 is 0 Å². The number of hydrogen-bond acceptors (Lipinski definition) is 6. The van der Waals surface area contributed by atoms with Gasteiger partial charge in [-0.1, -0.05) is 0 Å². The van der Waals surface area contributed by atoms with Crippen molar-refractivity contribution in [2.24, 2.45) is 0 Å². The molecular formula is C6H15I3O7. The number of carbonyl (C=O) groups is 2. The average molecular weight is 580 g/mol. The smallest absolute Gasteiger partial charge is 0.304 e. The summed E-state index contributed by atoms with van der Waals surface area (Å²) in [6.45, 7) is 1.05. The van der Waals surface area contributed by atoms with Crippen LogP contribution >= 0.6 is 61.2 Å². The summed E-state index contributed by atoms with van der Waals surface area (Å²) in [5.41, 5.74) is 0. The standard InChI is InChI=1S/C3H6O3.C2H4O2.CH4O2.I2.HI/c1-3(5)6-2-4;1-2(3)4;2-1-3;1-2;/h4H,2H2,1H3;1H3,(H,3,4);2-3H,1H2;;1H. The number of aliphatic carboxylic acids is 1. The quantitative estimate of drug-likeness (QED) is 0.207. The highest BCUT2D eigenvalue weighted by Gasteiger charge is 1.82. The largest absolute Gasteiger partial charge is 0.481 e. The van der Waals surface area contributed by atoms with E-state index in [1.54, 1.807) is 0 Å². The van der Waals surface area contributed by atoms with E-state index in [4.69, 9.17) is 25.2 Å². The summed E-state index contributed by atoms with van der Waals surface area (Å²) in [7, 11) is 0. The van der Waals surface area contributed by atoms with Crippen LogP contribution in [0.4, 0.5) is 0 Å². The molecular weight excluding hydrogens is 565 g/mol. The van der Waals surface area contributed by atoms with Crippen LogP contribution in [0.5, 0.6) is 0 Å². The number of carbonyl (C=O) groups excluding carboxylic acids is 1. The Morgan fingerprint density at radius 1 is 1.12 bits per heavy atom. The minimum absolute atomic E-state index is 0. The molecule has 102 valence electrons. The molecule has 0 unspecified atom stereocenters. The third-order valence-corrected chi connectivity index (χ3v) is 0.268. The maximum atomic E-state index is 9.66. The number of ether oxygens (including phenoxy) is 1. The van der Waals surface area contributed by atoms with Gasteiger partial charge in [-0.25, -0.2) is 0 Å². The van der Waals surface area contributed by atoms with Gasteiger partial charge >= 0.3 is 5.97 Å². The third-order valence-electron chi connectivity index (χ3n) is 0.268. The van der Waals surface area contributed by atoms with Gasteiger partial charge < -0.3 is 25.2 Å². The highest BCUT2D eigenvalue weighted by atomic mass is 128. The van der Waals surface area contributed by atoms with Crippen LogP contribution in [0.3, 0.4) is 0 Å². The topological polar surface area (TPSA) is 124 Å². The Hall–Kier alpha value is 1.01. The highest BCUT2D eigenvalue weighted by Crippen LogP contribution is 1.89. The van der Waals surface area contributed by atoms with Crippen LogP contribution in [0.1, 0.15) is 13.8 Å². The van der Waals surface area contributed by atoms with Crippen molar-refractivity contribution in [3.63, 3.8) is 0 Å². The molecule has 0 aromatic rings. The highest BCUT2D eigenvalue weighted by molar-refractivity contribution is 15.0. The summed E-state index contributed by atoms with van der Waals surface area (Å²) in [5, 5.41) is 29.5. The fraction of sp³-hybridized carbons (Fsp3) is 0.667. The first-order chi connectivity index (χ1) is 6.92. The van der Waals surface area contributed by atoms with E-state index in [1.807, 2.05) is 0 Å². The molecule has 0 bridgehead atoms. The van der Waals surface area contributed by atoms with E-state index in [-0.39, 0.29) is 24.0 Å². The summed E-state index contributed by atoms with van der Waals surface area (Å²) in [4.78, 5) is 18.7. The average Bonchev–Trinajstić information content (AvgIpc) is 2.07. The van der Waals surface area contributed by atoms with Crippen LogP contribution in [-0.4, -0.2) is 46.0 Å². The first-order valence-electron chi connectivity index (χ1n) is 3.22. The molecule has 0 spiro atoms. The fourth-order valence-corrected chi connectivity index (χ4v) is 0.0909. The number of aliphatic hydroxyl groups is 3. The van der Waals surface area contributed by atoms with Gasteiger partial charge in [-0.05, 0) is 0 Å². The van der Waals surface area contributed by atoms with Gasteiger partial charge in [0.05, 0.1) is 0 Å². The number of hydrogen-bond donors (Lipinski definition) is 4. The Morgan fingerprint density at radius 2 is 1.31 bits per heavy atom. The molecule has 0 amide bonds. The summed E-state index contributed by atoms with van der Waals surface area (Å²) >= 11 is 4.24. The minimum Gasteiger partial charge on any atom is -0.481 e. The van der Waals surface area contributed by atoms with Crippen LogP contribution in [0, 0.1) is 0 Å². The van der Waals surface area contributed by atoms with Crippen LogP contribution in [0.15, 0.2) is 0 Å². The third kappa shape index (κ3) is 183. The van der Waals surface area contributed by atoms with E-state index < -0.39 is 25.5 Å². The summed E-state index contributed by atoms with van der Waals surface area (Å²) in [5.74, 6) is -1.29. The number of carboxylic acid groups (broad SMARTS) is 1. The minimum atomic E-state index is -0.833. The van der Waals surface area contributed by atoms with Gasteiger partial charge in [0.1, 0.15) is 6.79 Å². The molecule has 0 aromatic carbocycles. The van der Waals surface area contributed by atoms with Crippen molar-refractivity contribution < 1.29 is 34.8 Å². The molecule has 7 nitrogen and oxygen atoms in total. The Balaban J connectivity index is -0.0000000358. The zero-order valence-corrected chi connectivity index (χ0v) is 15.2. The predicted octanol–water partition coefficient (Wildman–Crippen LogP) is 0.908. The van der Waals surface area contributed by atoms with Crippen molar-refractivity contribution in [3.8, 4) is 0 Å². The Bertz CT molecular complexity index is 129. The number of aliphatic hydroxyl groups excluding tert-OH is 2. The van der Waals surface area contributed by atoms with E-state index in [0.717, 1.165) is 6.92 Å². The molecule has 4 N–H and O–H groups in total. The maximum absolute atomic E-state index is 9.66. The molecule has 0 atom stereocenters. The molecule has 0 saturated heterocycles. The first-order valence-corrected chi connectivity index (χ1v) is 9.50. The molecule has 0 heterocycles. The SMILES string of the molecule is CC(=O)O.CC(=O)OCO.I.II.OCO. The zero-order valence-electron chi connectivity index (χ0n) is 8.59. The van der Waals surface area contributed by atoms with Crippen molar-refractivity contribution in [2.75, 3.05) is 13.6 Å². The second kappa shape index (κ2) is 36.0. The second-order valence-electron chi connectivity index (χ2n) is 1.43. The molecule has 0 aromatic heterocycles. The van der Waals surface area contributed by atoms with Gasteiger partial charge in [0, 0.05) is 51.1 Å². The van der Waals surface area contributed by atoms with Crippen LogP contribution < -0.4 is 0 Å². The summed E-state index contributed by atoms with van der Waals surface area (Å²) < 4.78 is 3.96. The molecule has 16 heavy (non-hydrogen) atoms. The van der Waals surface area contributed by atoms with Gasteiger partial charge in [0.2, 0.25) is 0 Å². The first kappa shape index (κ1) is 30.2. The van der Waals surface area contributed by atoms with Gasteiger partial charge in [-0.2, -0.15) is 0 Å². The van der Waals surface area contributed by atoms with Crippen LogP contribution in [-0.2, 0) is 14.3 Å². The Kier molecular flexibility index (Phi) is 68.0. The molecule has 0 fully saturated rings. The summed E-state index contributed by atoms with van der Waals surface area (Å²) in [6.07, 6.45) is 0. The Labute approximate surface area is 134 Å². The van der Waals surface area contributed by atoms with E-state index in [2.05, 4.69) is 42.0 Å². The molecule has 10 heteroatoms. The number of rotatable bonds is 1. The van der Waals surface area contributed by atoms with E-state index in [1.165, 1.54) is 6.92 Å². The lowest BCUT2D eigenvalue weighted by molar-refractivity contribution is -0.148. The lowest BCUT2D eigenvalue weighted by Gasteiger charge is -1.88. The van der Waals surface area contributed by atoms with E-state index in [0.29, 0.717) is 0 Å². The van der Waals surface area contributed by atoms with Crippen molar-refractivity contribution in [1.82, 2.24) is 0 Å². The van der Waals surface area contributed by atoms with Crippen LogP contribution in [0.2, 0.25) is 0 Å². The molecule has 0 aliphatic carbocycles. The normalized spacial score (nSPS) is 5.94. The van der Waals surface area contributed by atoms with Gasteiger partial charge in [0.15, 0.2) is 6.79 Å². The fourth-order valence-electron chi connectivity index (χ4n) is 0.0909. The van der Waals surface area contributed by atoms with Crippen molar-refractivity contribution in [2.45, 2.75) is 13.8 Å². The molecule has 0 saturated carbocycles. The maximum Gasteiger partial charge on any atom is 0.304 e. The molecule has 0 rings (SSSR count). The molecule has 0 aliphatic rings. The van der Waals surface area contributed by atoms with Crippen molar-refractivity contribution >= 4 is 73.1 Å². The van der Waals surface area contributed by atoms with Crippen LogP contribution in [0.25, 0.3) is 0 Å². The zero-order chi connectivity index (χ0) is 13.3. The van der Waals surface area contributed by atoms with Gasteiger partial charge in [-0.15, -0.1) is 24.0 Å². The lowest BCUT2D eigenvalue weighted by atomic mass is 10.8. The Morgan fingerprint density at radius 3 is 1.31 bits per heavy atom. The van der Waals surface area contributed by atoms with Crippen molar-refractivity contribution in [3.05, 3.63) is 0 Å². The second-order valence-corrected chi connectivity index (χ2v) is 1.43. The number of halogens is 3. The summed E-state index contributed by atoms with van der Waals surface area (Å²) in [6, 6.07) is 0. The number of esters is 1. The van der Waals surface area contributed by atoms with E-state index in [9.17, 15) is 4.79 Å². The number of carboxylic acids is 1. The molecule has 0 aliphatic heterocycles. The van der Waals surface area contributed by atoms with Crippen molar-refractivity contribution in [1.29, 1.82) is 0 Å². The van der Waals surface area contributed by atoms with Gasteiger partial charge in [-0.3, -0.25) is 9.59 Å².